The Labute approximate surface area is 89.8 Å². The summed E-state index contributed by atoms with van der Waals surface area (Å²) in [7, 11) is 0. The third kappa shape index (κ3) is 1.60. The van der Waals surface area contributed by atoms with Crippen molar-refractivity contribution in [1.29, 1.82) is 0 Å². The number of carbonyl (C=O) groups excluding carboxylic acids is 1. The van der Waals surface area contributed by atoms with E-state index in [0.29, 0.717) is 5.56 Å². The molecule has 0 saturated heterocycles. The van der Waals surface area contributed by atoms with E-state index >= 15 is 0 Å². The lowest BCUT2D eigenvalue weighted by Crippen LogP contribution is -2.13. The van der Waals surface area contributed by atoms with Crippen LogP contribution in [0, 0.1) is 5.82 Å². The van der Waals surface area contributed by atoms with Crippen LogP contribution in [0.2, 0.25) is 0 Å². The Balaban J connectivity index is 2.60. The Morgan fingerprint density at radius 3 is 2.81 bits per heavy atom. The van der Waals surface area contributed by atoms with Crippen LogP contribution < -0.4 is 11.5 Å². The van der Waals surface area contributed by atoms with Crippen LogP contribution in [0.25, 0.3) is 11.3 Å². The summed E-state index contributed by atoms with van der Waals surface area (Å²) in [6, 6.07) is 5.55. The van der Waals surface area contributed by atoms with Crippen LogP contribution in [0.4, 0.5) is 10.3 Å². The highest BCUT2D eigenvalue weighted by Crippen LogP contribution is 2.26. The van der Waals surface area contributed by atoms with Gasteiger partial charge in [-0.05, 0) is 12.1 Å². The van der Waals surface area contributed by atoms with Gasteiger partial charge in [-0.1, -0.05) is 17.3 Å². The highest BCUT2D eigenvalue weighted by atomic mass is 19.1. The first-order valence-corrected chi connectivity index (χ1v) is 4.40. The number of anilines is 1. The van der Waals surface area contributed by atoms with Gasteiger partial charge in [0.1, 0.15) is 17.1 Å². The maximum Gasteiger partial charge on any atom is 0.256 e. The maximum atomic E-state index is 13.0. The van der Waals surface area contributed by atoms with Crippen molar-refractivity contribution in [3.63, 3.8) is 0 Å². The smallest absolute Gasteiger partial charge is 0.256 e. The maximum absolute atomic E-state index is 13.0. The van der Waals surface area contributed by atoms with E-state index in [0.717, 1.165) is 0 Å². The zero-order valence-electron chi connectivity index (χ0n) is 8.11. The van der Waals surface area contributed by atoms with Crippen molar-refractivity contribution >= 4 is 11.8 Å². The minimum Gasteiger partial charge on any atom is -0.367 e. The van der Waals surface area contributed by atoms with Gasteiger partial charge in [0.15, 0.2) is 0 Å². The molecular weight excluding hydrogens is 213 g/mol. The molecule has 0 atom stereocenters. The lowest BCUT2D eigenvalue weighted by Gasteiger charge is -1.98. The van der Waals surface area contributed by atoms with Crippen molar-refractivity contribution < 1.29 is 13.7 Å². The number of benzene rings is 1. The number of amides is 1. The Bertz CT molecular complexity index is 551. The molecule has 82 valence electrons. The van der Waals surface area contributed by atoms with E-state index in [-0.39, 0.29) is 17.1 Å². The summed E-state index contributed by atoms with van der Waals surface area (Å²) in [5.74, 6) is -1.39. The molecule has 0 radical (unpaired) electrons. The number of primary amides is 1. The van der Waals surface area contributed by atoms with Gasteiger partial charge in [-0.2, -0.15) is 0 Å². The average molecular weight is 221 g/mol. The van der Waals surface area contributed by atoms with Crippen LogP contribution in [0.3, 0.4) is 0 Å². The topological polar surface area (TPSA) is 95.1 Å². The number of carbonyl (C=O) groups is 1. The van der Waals surface area contributed by atoms with Crippen molar-refractivity contribution in [2.45, 2.75) is 0 Å². The molecule has 2 rings (SSSR count). The van der Waals surface area contributed by atoms with Crippen LogP contribution in [0.5, 0.6) is 0 Å². The summed E-state index contributed by atoms with van der Waals surface area (Å²) in [6.45, 7) is 0. The number of nitrogen functional groups attached to an aromatic ring is 1. The molecule has 2 aromatic rings. The van der Waals surface area contributed by atoms with Crippen LogP contribution in [0.1, 0.15) is 10.4 Å². The summed E-state index contributed by atoms with van der Waals surface area (Å²) in [4.78, 5) is 11.1. The fraction of sp³-hybridized carbons (Fsp3) is 0. The fourth-order valence-electron chi connectivity index (χ4n) is 1.37. The molecule has 0 aliphatic rings. The Morgan fingerprint density at radius 1 is 1.44 bits per heavy atom. The largest absolute Gasteiger partial charge is 0.367 e. The van der Waals surface area contributed by atoms with Crippen LogP contribution in [-0.4, -0.2) is 11.1 Å². The third-order valence-electron chi connectivity index (χ3n) is 2.06. The van der Waals surface area contributed by atoms with Gasteiger partial charge in [0.05, 0.1) is 0 Å². The number of halogens is 1. The van der Waals surface area contributed by atoms with E-state index in [2.05, 4.69) is 9.68 Å². The first kappa shape index (κ1) is 10.2. The summed E-state index contributed by atoms with van der Waals surface area (Å²) in [5.41, 5.74) is 11.0. The summed E-state index contributed by atoms with van der Waals surface area (Å²) in [6.07, 6.45) is 0. The molecule has 5 nitrogen and oxygen atoms in total. The first-order valence-electron chi connectivity index (χ1n) is 4.40. The Kier molecular flexibility index (Phi) is 2.32. The van der Waals surface area contributed by atoms with Gasteiger partial charge in [-0.15, -0.1) is 0 Å². The standard InChI is InChI=1S/C10H8FN3O2/c11-6-3-1-2-5(4-6)8-7(9(12)15)10(13)16-14-8/h1-4H,13H2,(H2,12,15). The van der Waals surface area contributed by atoms with Gasteiger partial charge in [-0.3, -0.25) is 4.79 Å². The first-order chi connectivity index (χ1) is 7.59. The number of rotatable bonds is 2. The van der Waals surface area contributed by atoms with Crippen LogP contribution >= 0.6 is 0 Å². The van der Waals surface area contributed by atoms with E-state index < -0.39 is 11.7 Å². The molecule has 0 aliphatic carbocycles. The second-order valence-electron chi connectivity index (χ2n) is 3.15. The summed E-state index contributed by atoms with van der Waals surface area (Å²) in [5, 5.41) is 3.58. The van der Waals surface area contributed by atoms with Crippen molar-refractivity contribution in [2.24, 2.45) is 5.73 Å². The third-order valence-corrected chi connectivity index (χ3v) is 2.06. The van der Waals surface area contributed by atoms with E-state index in [1.165, 1.54) is 18.2 Å². The fourth-order valence-corrected chi connectivity index (χ4v) is 1.37. The lowest BCUT2D eigenvalue weighted by molar-refractivity contribution is 0.100. The van der Waals surface area contributed by atoms with Crippen molar-refractivity contribution in [1.82, 2.24) is 5.16 Å². The van der Waals surface area contributed by atoms with Gasteiger partial charge >= 0.3 is 0 Å². The molecule has 1 aromatic heterocycles. The van der Waals surface area contributed by atoms with Gasteiger partial charge in [-0.25, -0.2) is 4.39 Å². The van der Waals surface area contributed by atoms with Crippen molar-refractivity contribution in [3.8, 4) is 11.3 Å². The zero-order chi connectivity index (χ0) is 11.7. The molecular formula is C10H8FN3O2. The molecule has 1 amide bonds. The predicted molar refractivity (Wildman–Crippen MR) is 54.8 cm³/mol. The van der Waals surface area contributed by atoms with Gasteiger partial charge in [0.2, 0.25) is 5.88 Å². The highest BCUT2D eigenvalue weighted by molar-refractivity contribution is 6.02. The van der Waals surface area contributed by atoms with Crippen LogP contribution in [-0.2, 0) is 0 Å². The lowest BCUT2D eigenvalue weighted by atomic mass is 10.1. The van der Waals surface area contributed by atoms with E-state index in [9.17, 15) is 9.18 Å². The van der Waals surface area contributed by atoms with E-state index in [4.69, 9.17) is 11.5 Å². The molecule has 0 bridgehead atoms. The van der Waals surface area contributed by atoms with Gasteiger partial charge in [0, 0.05) is 5.56 Å². The summed E-state index contributed by atoms with van der Waals surface area (Å²) < 4.78 is 17.6. The minimum absolute atomic E-state index is 0.0365. The minimum atomic E-state index is -0.766. The molecule has 16 heavy (non-hydrogen) atoms. The quantitative estimate of drug-likeness (QED) is 0.795. The van der Waals surface area contributed by atoms with Gasteiger partial charge < -0.3 is 16.0 Å². The molecule has 1 aromatic carbocycles. The second kappa shape index (κ2) is 3.65. The summed E-state index contributed by atoms with van der Waals surface area (Å²) >= 11 is 0. The number of nitrogens with zero attached hydrogens (tertiary/aromatic N) is 1. The van der Waals surface area contributed by atoms with E-state index in [1.54, 1.807) is 6.07 Å². The highest BCUT2D eigenvalue weighted by Gasteiger charge is 2.20. The second-order valence-corrected chi connectivity index (χ2v) is 3.15. The number of hydrogen-bond donors (Lipinski definition) is 2. The molecule has 0 saturated carbocycles. The molecule has 1 heterocycles. The van der Waals surface area contributed by atoms with E-state index in [1.807, 2.05) is 0 Å². The SMILES string of the molecule is NC(=O)c1c(-c2cccc(F)c2)noc1N. The Morgan fingerprint density at radius 2 is 2.19 bits per heavy atom. The molecule has 4 N–H and O–H groups in total. The number of nitrogens with two attached hydrogens (primary N) is 2. The number of aromatic nitrogens is 1. The number of hydrogen-bond acceptors (Lipinski definition) is 4. The normalized spacial score (nSPS) is 10.3. The molecule has 0 unspecified atom stereocenters. The zero-order valence-corrected chi connectivity index (χ0v) is 8.11. The van der Waals surface area contributed by atoms with Gasteiger partial charge in [0.25, 0.3) is 5.91 Å². The molecule has 0 spiro atoms. The average Bonchev–Trinajstić information content (AvgIpc) is 2.60. The molecule has 0 aliphatic heterocycles. The molecule has 0 fully saturated rings. The predicted octanol–water partition coefficient (Wildman–Crippen LogP) is 1.16. The molecule has 6 heteroatoms. The van der Waals surface area contributed by atoms with Crippen LogP contribution in [0.15, 0.2) is 28.8 Å². The monoisotopic (exact) mass is 221 g/mol. The Hall–Kier alpha value is -2.37. The van der Waals surface area contributed by atoms with Crippen molar-refractivity contribution in [2.75, 3.05) is 5.73 Å². The van der Waals surface area contributed by atoms with Crippen molar-refractivity contribution in [3.05, 3.63) is 35.6 Å².